The number of alkyl carbamates (subject to hydrolysis) is 1. The number of rotatable bonds is 19. The summed E-state index contributed by atoms with van der Waals surface area (Å²) in [7, 11) is 3.19. The highest BCUT2D eigenvalue weighted by molar-refractivity contribution is 6.32. The Morgan fingerprint density at radius 2 is 1.26 bits per heavy atom. The van der Waals surface area contributed by atoms with Crippen LogP contribution >= 0.6 is 11.6 Å². The number of carbonyl (C=O) groups excluding carboxylic acids is 10. The standard InChI is InChI=1S/C84H95ClN12O24/c1-6-88-16-18-116-56-28-40(10-14-55(56)115-17-15-86-4)75(106)90-59(101)33-50-77(108)92-63-43-29-57-72(119-83-71(105)70(104)74-73(120-83)64(97-84(114)121-74)46-26-38(8-12-53(46)117-57)68(102)66(81(112)89-50)95-76(107)49(87-5)19-34(2)3)58(30-43)118-54-13-9-39(27-48(54)85)69(103)67-82(113)94-65(80(111)91-61-41-21-35-20-36(23-41)24-42(61)22-35)47-31-44(98)32-52(100)60(47)45-25-37(7-11-51(45)99)62(78(109)96-67)93-79(63)110/h7-14,25-32,34-36,41-42,49-50,61-71,73-74,83,86-88,98-100,102-105H,6,15-24,33H2,1-5H3,(H,89,112)(H,91,111)(H,92,108)(H,93,110)(H,94,113)(H,95,107)(H,96,109)(H,97,114)(H,90,101,106)/t35?,36?,41?,42?,49-,50+,61?,62-,63-,64?,65+,66-,67+,68-,69-,70-,71-,73-,74+,83-/m1/s1. The number of benzene rings is 6. The Balaban J connectivity index is 0.908. The number of imide groups is 1. The second-order valence-corrected chi connectivity index (χ2v) is 32.8. The highest BCUT2D eigenvalue weighted by atomic mass is 35.5. The summed E-state index contributed by atoms with van der Waals surface area (Å²) < 4.78 is 44.2. The van der Waals surface area contributed by atoms with Gasteiger partial charge in [-0.2, -0.15) is 0 Å². The van der Waals surface area contributed by atoms with Crippen molar-refractivity contribution >= 4 is 70.9 Å². The van der Waals surface area contributed by atoms with Gasteiger partial charge < -0.3 is 127 Å². The van der Waals surface area contributed by atoms with E-state index in [-0.39, 0.29) is 116 Å². The minimum Gasteiger partial charge on any atom is -0.508 e. The normalized spacial score (nSPS) is 28.3. The number of likely N-dealkylation sites (N-methyl/N-ethyl adjacent to an activating group) is 3. The Labute approximate surface area is 697 Å². The van der Waals surface area contributed by atoms with Gasteiger partial charge in [0.1, 0.15) is 109 Å². The van der Waals surface area contributed by atoms with Gasteiger partial charge in [0.15, 0.2) is 29.1 Å². The van der Waals surface area contributed by atoms with Crippen molar-refractivity contribution in [3.8, 4) is 68.6 Å². The van der Waals surface area contributed by atoms with Crippen LogP contribution in [0.5, 0.6) is 57.5 Å². The van der Waals surface area contributed by atoms with E-state index in [1.165, 1.54) is 55.6 Å². The molecule has 0 radical (unpaired) electrons. The summed E-state index contributed by atoms with van der Waals surface area (Å²) in [5.74, 6) is -13.8. The zero-order chi connectivity index (χ0) is 85.7. The fourth-order valence-corrected chi connectivity index (χ4v) is 18.3. The van der Waals surface area contributed by atoms with Gasteiger partial charge in [0.05, 0.1) is 23.5 Å². The van der Waals surface area contributed by atoms with Crippen LogP contribution in [0, 0.1) is 29.6 Å². The van der Waals surface area contributed by atoms with Crippen LogP contribution in [0.4, 0.5) is 4.79 Å². The average molecular weight is 1690 g/mol. The molecule has 6 fully saturated rings. The Bertz CT molecular complexity index is 5070. The number of hydrogen-bond donors (Lipinski definition) is 19. The molecule has 1 unspecified atom stereocenters. The summed E-state index contributed by atoms with van der Waals surface area (Å²) in [4.78, 5) is 154. The summed E-state index contributed by atoms with van der Waals surface area (Å²) in [5.41, 5.74) is -2.41. The van der Waals surface area contributed by atoms with Crippen molar-refractivity contribution in [2.75, 3.05) is 46.9 Å². The van der Waals surface area contributed by atoms with Gasteiger partial charge in [0.2, 0.25) is 59.3 Å². The van der Waals surface area contributed by atoms with Crippen LogP contribution in [-0.2, 0) is 47.8 Å². The molecule has 18 bridgehead atoms. The fourth-order valence-electron chi connectivity index (χ4n) is 18.1. The van der Waals surface area contributed by atoms with Crippen LogP contribution < -0.4 is 87.5 Å². The summed E-state index contributed by atoms with van der Waals surface area (Å²) >= 11 is 7.22. The van der Waals surface area contributed by atoms with Crippen LogP contribution in [0.25, 0.3) is 11.1 Å². The van der Waals surface area contributed by atoms with Gasteiger partial charge in [-0.25, -0.2) is 4.79 Å². The largest absolute Gasteiger partial charge is 0.508 e. The Kier molecular flexibility index (Phi) is 24.6. The van der Waals surface area contributed by atoms with E-state index in [4.69, 9.17) is 44.8 Å². The minimum absolute atomic E-state index is 0.0696. The molecule has 6 aromatic carbocycles. The molecule has 4 saturated carbocycles. The lowest BCUT2D eigenvalue weighted by Gasteiger charge is -2.54. The summed E-state index contributed by atoms with van der Waals surface area (Å²) in [6, 6.07) is 2.96. The highest BCUT2D eigenvalue weighted by Gasteiger charge is 2.56. The number of nitrogens with one attached hydrogen (secondary N) is 12. The average Bonchev–Trinajstić information content (AvgIpc) is 0.726. The lowest BCUT2D eigenvalue weighted by molar-refractivity contribution is -0.284. The van der Waals surface area contributed by atoms with E-state index in [9.17, 15) is 54.9 Å². The molecule has 10 amide bonds. The van der Waals surface area contributed by atoms with E-state index in [2.05, 4.69) is 63.8 Å². The van der Waals surface area contributed by atoms with Gasteiger partial charge in [0, 0.05) is 47.5 Å². The second-order valence-electron chi connectivity index (χ2n) is 32.4. The maximum Gasteiger partial charge on any atom is 0.408 e. The molecule has 8 heterocycles. The monoisotopic (exact) mass is 1690 g/mol. The molecule has 37 heteroatoms. The number of phenols is 3. The van der Waals surface area contributed by atoms with E-state index >= 15 is 28.8 Å². The first-order chi connectivity index (χ1) is 58.0. The maximum atomic E-state index is 16.6. The van der Waals surface area contributed by atoms with Crippen molar-refractivity contribution in [1.29, 1.82) is 0 Å². The van der Waals surface area contributed by atoms with Crippen molar-refractivity contribution < 1.29 is 117 Å². The zero-order valence-electron chi connectivity index (χ0n) is 66.3. The van der Waals surface area contributed by atoms with E-state index in [1.54, 1.807) is 7.05 Å². The number of fused-ring (bicyclic) bond motifs is 15. The van der Waals surface area contributed by atoms with Crippen LogP contribution in [0.1, 0.15) is 146 Å². The van der Waals surface area contributed by atoms with Crippen molar-refractivity contribution in [2.24, 2.45) is 29.6 Å². The molecule has 0 spiro atoms. The second kappa shape index (κ2) is 35.2. The highest BCUT2D eigenvalue weighted by Crippen LogP contribution is 2.55. The first-order valence-corrected chi connectivity index (χ1v) is 40.7. The van der Waals surface area contributed by atoms with Crippen molar-refractivity contribution in [1.82, 2.24) is 63.8 Å². The molecule has 6 aromatic rings. The number of hydrogen-bond acceptors (Lipinski definition) is 27. The van der Waals surface area contributed by atoms with Crippen LogP contribution in [0.15, 0.2) is 97.1 Å². The molecule has 121 heavy (non-hydrogen) atoms. The lowest BCUT2D eigenvalue weighted by atomic mass is 9.54. The molecule has 2 saturated heterocycles. The number of ether oxygens (including phenoxy) is 7. The molecule has 12 aliphatic rings. The van der Waals surface area contributed by atoms with Gasteiger partial charge in [-0.05, 0) is 189 Å². The van der Waals surface area contributed by atoms with Gasteiger partial charge in [0.25, 0.3) is 5.91 Å². The molecule has 15 atom stereocenters. The fraction of sp³-hybridized carbons (Fsp3) is 0.452. The molecule has 4 aliphatic carbocycles. The van der Waals surface area contributed by atoms with Crippen molar-refractivity contribution in [3.05, 3.63) is 141 Å². The molecule has 19 N–H and O–H groups in total. The minimum atomic E-state index is -2.37. The topological polar surface area (TPSA) is 521 Å². The van der Waals surface area contributed by atoms with E-state index < -0.39 is 197 Å². The zero-order valence-corrected chi connectivity index (χ0v) is 67.1. The molecular formula is C84H95ClN12O24. The molecule has 8 aliphatic heterocycles. The number of amides is 10. The van der Waals surface area contributed by atoms with E-state index in [0.717, 1.165) is 80.6 Å². The Hall–Kier alpha value is -11.6. The van der Waals surface area contributed by atoms with Crippen LogP contribution in [-0.4, -0.2) is 203 Å². The van der Waals surface area contributed by atoms with Gasteiger partial charge in [-0.1, -0.05) is 50.6 Å². The summed E-state index contributed by atoms with van der Waals surface area (Å²) in [6.07, 6.45) is -11.5. The number of phenolic OH excluding ortho intramolecular Hbond substituents is 3. The predicted molar refractivity (Wildman–Crippen MR) is 425 cm³/mol. The van der Waals surface area contributed by atoms with Gasteiger partial charge in [-0.3, -0.25) is 48.5 Å². The Morgan fingerprint density at radius 3 is 1.97 bits per heavy atom. The van der Waals surface area contributed by atoms with Gasteiger partial charge in [-0.15, -0.1) is 0 Å². The first kappa shape index (κ1) is 84.4. The van der Waals surface area contributed by atoms with Crippen molar-refractivity contribution in [2.45, 2.75) is 163 Å². The SMILES string of the molecule is CCNCCOc1cc(C(=O)NC(=O)C[C@@H]2NC(=O)[C@H](NC(=O)[C@@H](CC(C)C)NC)[C@H](O)c3ccc4c(c3)C3NC(=O)O[C@H]5[C@H](O)[C@@H](O)[C@H](Oc6c7cc(cc6O4)[C@@H](NC2=O)C(=O)N[C@H]2C(=O)N[C@H](C(=O)N[C@H](C(=O)NC4C6CC8CC(C6)CC4C8)c4cc(O)cc(O)c4-c4cc2ccc4O)[C@H](O)c2ccc(c(Cl)c2)O7)O[C@H]35)ccc1OCCNC. The number of carbonyl (C=O) groups is 10. The first-order valence-electron chi connectivity index (χ1n) is 40.3. The summed E-state index contributed by atoms with van der Waals surface area (Å²) in [6.45, 7) is 7.25. The van der Waals surface area contributed by atoms with Crippen molar-refractivity contribution in [3.63, 3.8) is 0 Å². The third-order valence-electron chi connectivity index (χ3n) is 23.8. The summed E-state index contributed by atoms with van der Waals surface area (Å²) in [5, 5.41) is 118. The number of aliphatic hydroxyl groups excluding tert-OH is 4. The number of aliphatic hydroxyl groups is 4. The molecule has 36 nitrogen and oxygen atoms in total. The smallest absolute Gasteiger partial charge is 0.408 e. The maximum absolute atomic E-state index is 16.6. The number of aromatic hydroxyl groups is 3. The van der Waals surface area contributed by atoms with Crippen LogP contribution in [0.3, 0.4) is 0 Å². The predicted octanol–water partition coefficient (Wildman–Crippen LogP) is 2.94. The third kappa shape index (κ3) is 17.4. The quantitative estimate of drug-likeness (QED) is 0.0518. The lowest BCUT2D eigenvalue weighted by Crippen LogP contribution is -2.66. The molecule has 18 rings (SSSR count). The van der Waals surface area contributed by atoms with Crippen LogP contribution in [0.2, 0.25) is 5.02 Å². The number of halogens is 1. The van der Waals surface area contributed by atoms with Gasteiger partial charge >= 0.3 is 6.09 Å². The van der Waals surface area contributed by atoms with E-state index in [1.807, 2.05) is 20.8 Å². The molecule has 0 aromatic heterocycles. The Morgan fingerprint density at radius 1 is 0.595 bits per heavy atom. The molecule has 642 valence electrons. The molecular weight excluding hydrogens is 1600 g/mol. The third-order valence-corrected chi connectivity index (χ3v) is 24.1. The van der Waals surface area contributed by atoms with E-state index in [0.29, 0.717) is 31.5 Å².